The van der Waals surface area contributed by atoms with Crippen molar-refractivity contribution in [3.8, 4) is 11.5 Å². The third kappa shape index (κ3) is 7.41. The fourth-order valence-corrected chi connectivity index (χ4v) is 7.58. The van der Waals surface area contributed by atoms with Crippen LogP contribution in [-0.2, 0) is 27.8 Å². The molecule has 0 aliphatic carbocycles. The predicted molar refractivity (Wildman–Crippen MR) is 157 cm³/mol. The lowest BCUT2D eigenvalue weighted by Crippen LogP contribution is -2.47. The molecule has 1 heterocycles. The van der Waals surface area contributed by atoms with Crippen molar-refractivity contribution in [3.05, 3.63) is 75.0 Å². The molecule has 3 rings (SSSR count). The van der Waals surface area contributed by atoms with E-state index in [1.165, 1.54) is 4.31 Å². The number of carbonyl (C=O) groups is 1. The Morgan fingerprint density at radius 2 is 1.67 bits per heavy atom. The van der Waals surface area contributed by atoms with Crippen LogP contribution >= 0.6 is 11.3 Å². The summed E-state index contributed by atoms with van der Waals surface area (Å²) in [5, 5.41) is 1.98. The maximum atomic E-state index is 14.0. The fraction of sp³-hybridized carbons (Fsp3) is 0.433. The van der Waals surface area contributed by atoms with Gasteiger partial charge in [0, 0.05) is 17.5 Å². The molecule has 0 bridgehead atoms. The van der Waals surface area contributed by atoms with Crippen molar-refractivity contribution in [2.75, 3.05) is 27.3 Å². The fourth-order valence-electron chi connectivity index (χ4n) is 4.79. The van der Waals surface area contributed by atoms with E-state index >= 15 is 0 Å². The zero-order valence-electron chi connectivity index (χ0n) is 24.0. The molecule has 3 aromatic rings. The van der Waals surface area contributed by atoms with Crippen LogP contribution in [0.3, 0.4) is 0 Å². The van der Waals surface area contributed by atoms with Crippen molar-refractivity contribution in [2.24, 2.45) is 0 Å². The summed E-state index contributed by atoms with van der Waals surface area (Å²) in [6, 6.07) is 13.1. The molecular weight excluding hydrogens is 532 g/mol. The maximum Gasteiger partial charge on any atom is 0.244 e. The second-order valence-electron chi connectivity index (χ2n) is 9.87. The van der Waals surface area contributed by atoms with E-state index < -0.39 is 10.0 Å². The van der Waals surface area contributed by atoms with Gasteiger partial charge in [0.2, 0.25) is 15.9 Å². The highest BCUT2D eigenvalue weighted by molar-refractivity contribution is 7.89. The van der Waals surface area contributed by atoms with Crippen LogP contribution in [0, 0.1) is 20.8 Å². The van der Waals surface area contributed by atoms with Gasteiger partial charge in [-0.2, -0.15) is 4.31 Å². The number of nitrogens with zero attached hydrogens (tertiary/aromatic N) is 2. The first-order valence-electron chi connectivity index (χ1n) is 13.1. The standard InChI is InChI=1S/C30H40N2O5S2/c1-8-24(5)32(39(34,35)30-22(3)16-21(2)17-23(30)4)20-29(33)31(19-26-10-9-15-38-26)14-13-25-11-12-27(36-6)28(18-25)37-7/h9-12,15-18,24H,8,13-14,19-20H2,1-7H3. The molecule has 1 unspecified atom stereocenters. The van der Waals surface area contributed by atoms with Gasteiger partial charge in [0.05, 0.1) is 32.2 Å². The average molecular weight is 573 g/mol. The van der Waals surface area contributed by atoms with Gasteiger partial charge in [-0.1, -0.05) is 36.8 Å². The van der Waals surface area contributed by atoms with Gasteiger partial charge in [-0.15, -0.1) is 11.3 Å². The topological polar surface area (TPSA) is 76.2 Å². The molecule has 0 saturated heterocycles. The maximum absolute atomic E-state index is 14.0. The molecule has 0 aliphatic rings. The number of ether oxygens (including phenoxy) is 2. The van der Waals surface area contributed by atoms with Gasteiger partial charge < -0.3 is 14.4 Å². The Hall–Kier alpha value is -2.88. The third-order valence-electron chi connectivity index (χ3n) is 6.94. The third-order valence-corrected chi connectivity index (χ3v) is 10.1. The van der Waals surface area contributed by atoms with Crippen LogP contribution in [0.15, 0.2) is 52.7 Å². The highest BCUT2D eigenvalue weighted by atomic mass is 32.2. The van der Waals surface area contributed by atoms with Gasteiger partial charge in [0.15, 0.2) is 11.5 Å². The summed E-state index contributed by atoms with van der Waals surface area (Å²) < 4.78 is 40.2. The molecule has 212 valence electrons. The number of amides is 1. The minimum atomic E-state index is -3.91. The van der Waals surface area contributed by atoms with E-state index in [1.807, 2.05) is 82.5 Å². The highest BCUT2D eigenvalue weighted by Gasteiger charge is 2.34. The summed E-state index contributed by atoms with van der Waals surface area (Å²) in [5.41, 5.74) is 3.38. The van der Waals surface area contributed by atoms with E-state index in [1.54, 1.807) is 30.5 Å². The number of benzene rings is 2. The Morgan fingerprint density at radius 1 is 1.00 bits per heavy atom. The summed E-state index contributed by atoms with van der Waals surface area (Å²) in [6.07, 6.45) is 1.18. The number of methoxy groups -OCH3 is 2. The number of carbonyl (C=O) groups excluding carboxylic acids is 1. The van der Waals surface area contributed by atoms with Crippen LogP contribution in [0.1, 0.15) is 47.4 Å². The van der Waals surface area contributed by atoms with Crippen molar-refractivity contribution in [1.82, 2.24) is 9.21 Å². The van der Waals surface area contributed by atoms with Gasteiger partial charge in [-0.3, -0.25) is 4.79 Å². The molecule has 7 nitrogen and oxygen atoms in total. The smallest absolute Gasteiger partial charge is 0.244 e. The molecular formula is C30H40N2O5S2. The molecule has 0 aliphatic heterocycles. The van der Waals surface area contributed by atoms with E-state index in [0.717, 1.165) is 16.0 Å². The second-order valence-corrected chi connectivity index (χ2v) is 12.7. The molecule has 1 atom stereocenters. The SMILES string of the molecule is CCC(C)N(CC(=O)N(CCc1ccc(OC)c(OC)c1)Cc1cccs1)S(=O)(=O)c1c(C)cc(C)cc1C. The lowest BCUT2D eigenvalue weighted by atomic mass is 10.1. The number of aryl methyl sites for hydroxylation is 3. The van der Waals surface area contributed by atoms with Crippen LogP contribution in [0.4, 0.5) is 0 Å². The molecule has 2 aromatic carbocycles. The molecule has 0 saturated carbocycles. The van der Waals surface area contributed by atoms with Crippen LogP contribution in [-0.4, -0.2) is 56.9 Å². The first-order chi connectivity index (χ1) is 18.5. The molecule has 39 heavy (non-hydrogen) atoms. The normalized spacial score (nSPS) is 12.4. The Labute approximate surface area is 237 Å². The summed E-state index contributed by atoms with van der Waals surface area (Å²) >= 11 is 1.58. The van der Waals surface area contributed by atoms with Gasteiger partial charge in [-0.05, 0) is 80.8 Å². The predicted octanol–water partition coefficient (Wildman–Crippen LogP) is 5.75. The van der Waals surface area contributed by atoms with Gasteiger partial charge in [0.1, 0.15) is 0 Å². The summed E-state index contributed by atoms with van der Waals surface area (Å²) in [6.45, 7) is 10.0. The monoisotopic (exact) mass is 572 g/mol. The Morgan fingerprint density at radius 3 is 2.23 bits per heavy atom. The molecule has 0 radical (unpaired) electrons. The zero-order chi connectivity index (χ0) is 28.7. The number of rotatable bonds is 13. The van der Waals surface area contributed by atoms with Crippen LogP contribution < -0.4 is 9.47 Å². The molecule has 0 fully saturated rings. The number of sulfonamides is 1. The zero-order valence-corrected chi connectivity index (χ0v) is 25.6. The Bertz CT molecular complexity index is 1350. The average Bonchev–Trinajstić information content (AvgIpc) is 3.41. The van der Waals surface area contributed by atoms with Crippen LogP contribution in [0.25, 0.3) is 0 Å². The molecule has 0 N–H and O–H groups in total. The van der Waals surface area contributed by atoms with Crippen molar-refractivity contribution >= 4 is 27.3 Å². The molecule has 0 spiro atoms. The second kappa shape index (κ2) is 13.5. The van der Waals surface area contributed by atoms with E-state index in [9.17, 15) is 13.2 Å². The van der Waals surface area contributed by atoms with E-state index in [4.69, 9.17) is 9.47 Å². The highest BCUT2D eigenvalue weighted by Crippen LogP contribution is 2.29. The summed E-state index contributed by atoms with van der Waals surface area (Å²) in [5.74, 6) is 1.04. The number of hydrogen-bond acceptors (Lipinski definition) is 6. The van der Waals surface area contributed by atoms with Crippen molar-refractivity contribution in [1.29, 1.82) is 0 Å². The number of thiophene rings is 1. The van der Waals surface area contributed by atoms with Crippen LogP contribution in [0.2, 0.25) is 0 Å². The first kappa shape index (κ1) is 30.7. The van der Waals surface area contributed by atoms with E-state index in [-0.39, 0.29) is 23.4 Å². The minimum Gasteiger partial charge on any atom is -0.493 e. The van der Waals surface area contributed by atoms with Crippen molar-refractivity contribution in [3.63, 3.8) is 0 Å². The summed E-state index contributed by atoms with van der Waals surface area (Å²) in [7, 11) is -0.721. The van der Waals surface area contributed by atoms with Gasteiger partial charge >= 0.3 is 0 Å². The quantitative estimate of drug-likeness (QED) is 0.261. The summed E-state index contributed by atoms with van der Waals surface area (Å²) in [4.78, 5) is 16.9. The van der Waals surface area contributed by atoms with Crippen molar-refractivity contribution in [2.45, 2.75) is 64.9 Å². The molecule has 9 heteroatoms. The van der Waals surface area contributed by atoms with Crippen LogP contribution in [0.5, 0.6) is 11.5 Å². The minimum absolute atomic E-state index is 0.221. The van der Waals surface area contributed by atoms with Gasteiger partial charge in [-0.25, -0.2) is 8.42 Å². The number of hydrogen-bond donors (Lipinski definition) is 0. The van der Waals surface area contributed by atoms with E-state index in [0.29, 0.717) is 48.6 Å². The first-order valence-corrected chi connectivity index (χ1v) is 15.4. The lowest BCUT2D eigenvalue weighted by Gasteiger charge is -2.31. The Kier molecular flexibility index (Phi) is 10.6. The lowest BCUT2D eigenvalue weighted by molar-refractivity contribution is -0.132. The van der Waals surface area contributed by atoms with Gasteiger partial charge in [0.25, 0.3) is 0 Å². The molecule has 1 aromatic heterocycles. The van der Waals surface area contributed by atoms with E-state index in [2.05, 4.69) is 0 Å². The largest absolute Gasteiger partial charge is 0.493 e. The Balaban J connectivity index is 1.90. The molecule has 1 amide bonds. The van der Waals surface area contributed by atoms with Crippen molar-refractivity contribution < 1.29 is 22.7 Å².